The first kappa shape index (κ1) is 16.0. The van der Waals surface area contributed by atoms with Gasteiger partial charge in [0.1, 0.15) is 6.04 Å². The smallest absolute Gasteiger partial charge is 0.326 e. The molecule has 1 aliphatic rings. The Bertz CT molecular complexity index is 334. The molecule has 1 saturated heterocycles. The van der Waals surface area contributed by atoms with E-state index < -0.39 is 17.4 Å². The normalized spacial score (nSPS) is 24.7. The van der Waals surface area contributed by atoms with E-state index in [2.05, 4.69) is 10.6 Å². The van der Waals surface area contributed by atoms with E-state index in [1.165, 1.54) is 0 Å². The molecule has 1 amide bonds. The second-order valence-electron chi connectivity index (χ2n) is 6.23. The summed E-state index contributed by atoms with van der Waals surface area (Å²) in [5.41, 5.74) is -0.468. The van der Waals surface area contributed by atoms with E-state index >= 15 is 0 Å². The van der Waals surface area contributed by atoms with Crippen LogP contribution in [0.5, 0.6) is 0 Å². The molecule has 1 unspecified atom stereocenters. The molecule has 19 heavy (non-hydrogen) atoms. The van der Waals surface area contributed by atoms with Crippen LogP contribution >= 0.6 is 0 Å². The number of hydrogen-bond donors (Lipinski definition) is 3. The number of carboxylic acids is 1. The molecular formula is C14H26N2O3. The van der Waals surface area contributed by atoms with Gasteiger partial charge < -0.3 is 15.7 Å². The number of rotatable bonds is 6. The second kappa shape index (κ2) is 6.37. The molecule has 1 aliphatic heterocycles. The number of carbonyl (C=O) groups excluding carboxylic acids is 1. The summed E-state index contributed by atoms with van der Waals surface area (Å²) in [6, 6.07) is -0.788. The lowest BCUT2D eigenvalue weighted by molar-refractivity contribution is -0.145. The zero-order valence-corrected chi connectivity index (χ0v) is 12.3. The number of amides is 1. The van der Waals surface area contributed by atoms with Crippen LogP contribution in [-0.2, 0) is 9.59 Å². The quantitative estimate of drug-likeness (QED) is 0.678. The third kappa shape index (κ3) is 3.69. The molecule has 0 spiro atoms. The van der Waals surface area contributed by atoms with Crippen molar-refractivity contribution in [2.75, 3.05) is 13.1 Å². The molecule has 0 aromatic heterocycles. The van der Waals surface area contributed by atoms with E-state index in [1.807, 2.05) is 27.7 Å². The van der Waals surface area contributed by atoms with Crippen molar-refractivity contribution in [2.45, 2.75) is 46.6 Å². The molecule has 0 aromatic carbocycles. The lowest BCUT2D eigenvalue weighted by atomic mass is 9.75. The number of nitrogens with one attached hydrogen (secondary N) is 2. The van der Waals surface area contributed by atoms with Crippen LogP contribution in [0.3, 0.4) is 0 Å². The average Bonchev–Trinajstić information content (AvgIpc) is 2.77. The Morgan fingerprint density at radius 3 is 2.32 bits per heavy atom. The number of carbonyl (C=O) groups is 2. The lowest BCUT2D eigenvalue weighted by Crippen LogP contribution is -2.51. The van der Waals surface area contributed by atoms with Crippen LogP contribution in [0.1, 0.15) is 40.5 Å². The van der Waals surface area contributed by atoms with E-state index in [4.69, 9.17) is 0 Å². The molecule has 1 fully saturated rings. The predicted molar refractivity (Wildman–Crippen MR) is 73.8 cm³/mol. The van der Waals surface area contributed by atoms with Gasteiger partial charge in [0.25, 0.3) is 0 Å². The Labute approximate surface area is 115 Å². The maximum absolute atomic E-state index is 12.5. The maximum atomic E-state index is 12.5. The van der Waals surface area contributed by atoms with Gasteiger partial charge in [-0.05, 0) is 31.2 Å². The molecule has 0 saturated carbocycles. The Kier molecular flexibility index (Phi) is 5.35. The highest BCUT2D eigenvalue weighted by Gasteiger charge is 2.44. The summed E-state index contributed by atoms with van der Waals surface area (Å²) < 4.78 is 0. The van der Waals surface area contributed by atoms with Gasteiger partial charge in [0.05, 0.1) is 5.41 Å². The van der Waals surface area contributed by atoms with Crippen LogP contribution in [0.15, 0.2) is 0 Å². The minimum Gasteiger partial charge on any atom is -0.480 e. The SMILES string of the molecule is CC(C)C[C@@H](NC(=O)C1(C(C)C)CCNC1)C(=O)O. The number of carboxylic acid groups (broad SMARTS) is 1. The van der Waals surface area contributed by atoms with Crippen LogP contribution in [0.2, 0.25) is 0 Å². The monoisotopic (exact) mass is 270 g/mol. The topological polar surface area (TPSA) is 78.4 Å². The molecule has 110 valence electrons. The highest BCUT2D eigenvalue weighted by atomic mass is 16.4. The van der Waals surface area contributed by atoms with Crippen molar-refractivity contribution in [3.63, 3.8) is 0 Å². The van der Waals surface area contributed by atoms with Crippen molar-refractivity contribution in [2.24, 2.45) is 17.3 Å². The van der Waals surface area contributed by atoms with Gasteiger partial charge in [0.15, 0.2) is 0 Å². The van der Waals surface area contributed by atoms with Crippen molar-refractivity contribution in [3.05, 3.63) is 0 Å². The van der Waals surface area contributed by atoms with Gasteiger partial charge in [-0.3, -0.25) is 4.79 Å². The van der Waals surface area contributed by atoms with Gasteiger partial charge in [-0.1, -0.05) is 27.7 Å². The highest BCUT2D eigenvalue weighted by Crippen LogP contribution is 2.34. The van der Waals surface area contributed by atoms with Crippen molar-refractivity contribution in [3.8, 4) is 0 Å². The largest absolute Gasteiger partial charge is 0.480 e. The average molecular weight is 270 g/mol. The number of hydrogen-bond acceptors (Lipinski definition) is 3. The zero-order valence-electron chi connectivity index (χ0n) is 12.3. The molecule has 0 aromatic rings. The summed E-state index contributed by atoms with van der Waals surface area (Å²) in [7, 11) is 0. The van der Waals surface area contributed by atoms with E-state index in [9.17, 15) is 14.7 Å². The Morgan fingerprint density at radius 1 is 1.32 bits per heavy atom. The first-order valence-electron chi connectivity index (χ1n) is 7.04. The molecule has 2 atom stereocenters. The van der Waals surface area contributed by atoms with Crippen molar-refractivity contribution in [1.29, 1.82) is 0 Å². The molecule has 1 rings (SSSR count). The molecule has 5 nitrogen and oxygen atoms in total. The summed E-state index contributed by atoms with van der Waals surface area (Å²) in [6.45, 7) is 9.39. The van der Waals surface area contributed by atoms with Gasteiger partial charge in [0.2, 0.25) is 5.91 Å². The fourth-order valence-electron chi connectivity index (χ4n) is 2.65. The molecule has 0 bridgehead atoms. The van der Waals surface area contributed by atoms with E-state index in [1.54, 1.807) is 0 Å². The predicted octanol–water partition coefficient (Wildman–Crippen LogP) is 1.24. The summed E-state index contributed by atoms with van der Waals surface area (Å²) in [6.07, 6.45) is 1.23. The third-order valence-electron chi connectivity index (χ3n) is 4.06. The lowest BCUT2D eigenvalue weighted by Gasteiger charge is -2.32. The molecule has 1 heterocycles. The molecule has 3 N–H and O–H groups in total. The van der Waals surface area contributed by atoms with Crippen LogP contribution in [-0.4, -0.2) is 36.1 Å². The summed E-state index contributed by atoms with van der Waals surface area (Å²) in [5.74, 6) is -0.651. The molecule has 0 radical (unpaired) electrons. The number of aliphatic carboxylic acids is 1. The maximum Gasteiger partial charge on any atom is 0.326 e. The van der Waals surface area contributed by atoms with Crippen LogP contribution < -0.4 is 10.6 Å². The zero-order chi connectivity index (χ0) is 14.6. The highest BCUT2D eigenvalue weighted by molar-refractivity contribution is 5.88. The molecule has 5 heteroatoms. The first-order chi connectivity index (χ1) is 8.79. The molecule has 0 aliphatic carbocycles. The fourth-order valence-corrected chi connectivity index (χ4v) is 2.65. The summed E-state index contributed by atoms with van der Waals surface area (Å²) in [4.78, 5) is 23.7. The van der Waals surface area contributed by atoms with Crippen LogP contribution in [0.4, 0.5) is 0 Å². The first-order valence-corrected chi connectivity index (χ1v) is 7.04. The Hall–Kier alpha value is -1.10. The van der Waals surface area contributed by atoms with E-state index in [0.29, 0.717) is 13.0 Å². The van der Waals surface area contributed by atoms with Gasteiger partial charge in [-0.15, -0.1) is 0 Å². The van der Waals surface area contributed by atoms with E-state index in [-0.39, 0.29) is 17.7 Å². The molecular weight excluding hydrogens is 244 g/mol. The van der Waals surface area contributed by atoms with Crippen LogP contribution in [0.25, 0.3) is 0 Å². The standard InChI is InChI=1S/C14H26N2O3/c1-9(2)7-11(12(17)18)16-13(19)14(10(3)4)5-6-15-8-14/h9-11,15H,5-8H2,1-4H3,(H,16,19)(H,17,18)/t11-,14?/m1/s1. The van der Waals surface area contributed by atoms with Gasteiger partial charge in [-0.25, -0.2) is 4.79 Å². The minimum absolute atomic E-state index is 0.124. The second-order valence-corrected chi connectivity index (χ2v) is 6.23. The van der Waals surface area contributed by atoms with Crippen LogP contribution in [0, 0.1) is 17.3 Å². The van der Waals surface area contributed by atoms with Crippen molar-refractivity contribution < 1.29 is 14.7 Å². The minimum atomic E-state index is -0.952. The van der Waals surface area contributed by atoms with Gasteiger partial charge in [0, 0.05) is 6.54 Å². The van der Waals surface area contributed by atoms with Gasteiger partial charge >= 0.3 is 5.97 Å². The third-order valence-corrected chi connectivity index (χ3v) is 4.06. The van der Waals surface area contributed by atoms with E-state index in [0.717, 1.165) is 13.0 Å². The Morgan fingerprint density at radius 2 is 1.95 bits per heavy atom. The van der Waals surface area contributed by atoms with Crippen molar-refractivity contribution >= 4 is 11.9 Å². The van der Waals surface area contributed by atoms with Crippen molar-refractivity contribution in [1.82, 2.24) is 10.6 Å². The summed E-state index contributed by atoms with van der Waals surface area (Å²) >= 11 is 0. The Balaban J connectivity index is 2.77. The fraction of sp³-hybridized carbons (Fsp3) is 0.857. The summed E-state index contributed by atoms with van der Waals surface area (Å²) in [5, 5.41) is 15.1. The van der Waals surface area contributed by atoms with Gasteiger partial charge in [-0.2, -0.15) is 0 Å².